The number of nitrogens with zero attached hydrogens (tertiary/aromatic N) is 1. The molecule has 1 aromatic heterocycles. The normalized spacial score (nSPS) is 10.8. The molecule has 6 heteroatoms. The van der Waals surface area contributed by atoms with Crippen LogP contribution < -0.4 is 10.3 Å². The Morgan fingerprint density at radius 2 is 1.75 bits per heavy atom. The molecule has 124 valence electrons. The first-order valence-electron chi connectivity index (χ1n) is 7.54. The number of benzene rings is 2. The van der Waals surface area contributed by atoms with Gasteiger partial charge < -0.3 is 4.74 Å². The van der Waals surface area contributed by atoms with E-state index in [9.17, 15) is 4.79 Å². The van der Waals surface area contributed by atoms with Gasteiger partial charge in [0.1, 0.15) is 5.75 Å². The number of hydrogen-bond donors (Lipinski definition) is 1. The smallest absolute Gasteiger partial charge is 0.271 e. The van der Waals surface area contributed by atoms with E-state index in [4.69, 9.17) is 27.9 Å². The van der Waals surface area contributed by atoms with Gasteiger partial charge in [-0.1, -0.05) is 23.7 Å². The third kappa shape index (κ3) is 3.83. The van der Waals surface area contributed by atoms with Crippen molar-refractivity contribution < 1.29 is 4.74 Å². The van der Waals surface area contributed by atoms with Crippen molar-refractivity contribution in [1.29, 1.82) is 0 Å². The van der Waals surface area contributed by atoms with Gasteiger partial charge in [-0.05, 0) is 48.4 Å². The highest BCUT2D eigenvalue weighted by atomic mass is 35.5. The highest BCUT2D eigenvalue weighted by molar-refractivity contribution is 6.30. The molecule has 0 atom stereocenters. The first kappa shape index (κ1) is 16.7. The topological polar surface area (TPSA) is 47.0 Å². The first-order valence-corrected chi connectivity index (χ1v) is 8.46. The predicted octanol–water partition coefficient (Wildman–Crippen LogP) is 4.49. The quantitative estimate of drug-likeness (QED) is 0.518. The third-order valence-electron chi connectivity index (χ3n) is 3.52. The Bertz CT molecular complexity index is 852. The predicted molar refractivity (Wildman–Crippen MR) is 97.7 cm³/mol. The summed E-state index contributed by atoms with van der Waals surface area (Å²) in [5.74, 6) is 1.32. The van der Waals surface area contributed by atoms with Crippen LogP contribution in [-0.2, 0) is 0 Å². The van der Waals surface area contributed by atoms with Gasteiger partial charge in [0.2, 0.25) is 0 Å². The minimum Gasteiger partial charge on any atom is -0.494 e. The Labute approximate surface area is 149 Å². The Kier molecular flexibility index (Phi) is 5.28. The van der Waals surface area contributed by atoms with Crippen LogP contribution in [0.15, 0.2) is 59.4 Å². The Morgan fingerprint density at radius 1 is 1.04 bits per heavy atom. The van der Waals surface area contributed by atoms with Gasteiger partial charge in [-0.3, -0.25) is 9.89 Å². The van der Waals surface area contributed by atoms with Crippen LogP contribution in [0.1, 0.15) is 6.42 Å². The van der Waals surface area contributed by atoms with Gasteiger partial charge in [-0.15, -0.1) is 11.6 Å². The highest BCUT2D eigenvalue weighted by Crippen LogP contribution is 2.20. The molecule has 0 aliphatic rings. The Balaban J connectivity index is 1.82. The van der Waals surface area contributed by atoms with E-state index in [1.54, 1.807) is 18.2 Å². The summed E-state index contributed by atoms with van der Waals surface area (Å²) in [6, 6.07) is 16.2. The van der Waals surface area contributed by atoms with Crippen molar-refractivity contribution >= 4 is 23.2 Å². The number of ether oxygens (including phenoxy) is 1. The minimum absolute atomic E-state index is 0.129. The van der Waals surface area contributed by atoms with Gasteiger partial charge in [0.25, 0.3) is 5.56 Å². The van der Waals surface area contributed by atoms with E-state index in [0.717, 1.165) is 29.1 Å². The number of halogens is 2. The zero-order valence-corrected chi connectivity index (χ0v) is 14.3. The van der Waals surface area contributed by atoms with Gasteiger partial charge in [-0.2, -0.15) is 0 Å². The Morgan fingerprint density at radius 3 is 2.42 bits per heavy atom. The molecule has 0 saturated heterocycles. The first-order chi connectivity index (χ1) is 11.7. The average molecular weight is 363 g/mol. The van der Waals surface area contributed by atoms with Crippen LogP contribution in [0.5, 0.6) is 5.75 Å². The van der Waals surface area contributed by atoms with Crippen molar-refractivity contribution in [2.75, 3.05) is 12.5 Å². The van der Waals surface area contributed by atoms with Crippen LogP contribution in [0, 0.1) is 0 Å². The molecule has 0 spiro atoms. The maximum absolute atomic E-state index is 12.2. The molecule has 2 aromatic carbocycles. The molecule has 0 aliphatic heterocycles. The van der Waals surface area contributed by atoms with E-state index in [1.165, 1.54) is 4.68 Å². The zero-order valence-electron chi connectivity index (χ0n) is 12.8. The van der Waals surface area contributed by atoms with Crippen molar-refractivity contribution in [3.63, 3.8) is 0 Å². The lowest BCUT2D eigenvalue weighted by molar-refractivity contribution is 0.318. The second kappa shape index (κ2) is 7.60. The molecule has 3 aromatic rings. The number of hydrogen-bond acceptors (Lipinski definition) is 2. The van der Waals surface area contributed by atoms with Crippen LogP contribution in [0.3, 0.4) is 0 Å². The number of H-pyrrole nitrogens is 1. The van der Waals surface area contributed by atoms with Crippen molar-refractivity contribution in [3.8, 4) is 22.7 Å². The summed E-state index contributed by atoms with van der Waals surface area (Å²) in [7, 11) is 0. The second-order valence-corrected chi connectivity index (χ2v) is 6.05. The molecule has 0 amide bonds. The second-order valence-electron chi connectivity index (χ2n) is 5.24. The number of nitrogens with one attached hydrogen (secondary N) is 1. The van der Waals surface area contributed by atoms with Crippen LogP contribution in [0.4, 0.5) is 0 Å². The summed E-state index contributed by atoms with van der Waals surface area (Å²) in [4.78, 5) is 12.2. The lowest BCUT2D eigenvalue weighted by Crippen LogP contribution is -2.13. The largest absolute Gasteiger partial charge is 0.494 e. The minimum atomic E-state index is -0.129. The highest BCUT2D eigenvalue weighted by Gasteiger charge is 2.07. The fourth-order valence-corrected chi connectivity index (χ4v) is 2.54. The van der Waals surface area contributed by atoms with Crippen LogP contribution >= 0.6 is 23.2 Å². The van der Waals surface area contributed by atoms with Gasteiger partial charge in [-0.25, -0.2) is 4.68 Å². The molecule has 1 N–H and O–H groups in total. The van der Waals surface area contributed by atoms with E-state index < -0.39 is 0 Å². The zero-order chi connectivity index (χ0) is 16.9. The van der Waals surface area contributed by atoms with Crippen LogP contribution in [0.25, 0.3) is 16.9 Å². The monoisotopic (exact) mass is 362 g/mol. The van der Waals surface area contributed by atoms with Crippen molar-refractivity contribution in [3.05, 3.63) is 70.0 Å². The summed E-state index contributed by atoms with van der Waals surface area (Å²) in [5, 5.41) is 3.77. The Hall–Kier alpha value is -2.17. The summed E-state index contributed by atoms with van der Waals surface area (Å²) >= 11 is 11.5. The number of rotatable bonds is 6. The fraction of sp³-hybridized carbons (Fsp3) is 0.167. The van der Waals surface area contributed by atoms with Gasteiger partial charge in [0.15, 0.2) is 0 Å². The molecule has 1 heterocycles. The van der Waals surface area contributed by atoms with Gasteiger partial charge in [0.05, 0.1) is 18.0 Å². The molecule has 24 heavy (non-hydrogen) atoms. The van der Waals surface area contributed by atoms with Crippen molar-refractivity contribution in [1.82, 2.24) is 9.78 Å². The van der Waals surface area contributed by atoms with Crippen LogP contribution in [0.2, 0.25) is 5.02 Å². The van der Waals surface area contributed by atoms with Gasteiger partial charge in [0, 0.05) is 17.0 Å². The van der Waals surface area contributed by atoms with Crippen molar-refractivity contribution in [2.45, 2.75) is 6.42 Å². The third-order valence-corrected chi connectivity index (χ3v) is 4.04. The molecule has 0 fully saturated rings. The van der Waals surface area contributed by atoms with E-state index >= 15 is 0 Å². The molecular formula is C18H16Cl2N2O2. The van der Waals surface area contributed by atoms with E-state index in [-0.39, 0.29) is 5.56 Å². The molecule has 3 rings (SSSR count). The summed E-state index contributed by atoms with van der Waals surface area (Å²) in [6.45, 7) is 0.575. The van der Waals surface area contributed by atoms with Gasteiger partial charge >= 0.3 is 0 Å². The maximum atomic E-state index is 12.2. The molecule has 0 radical (unpaired) electrons. The fourth-order valence-electron chi connectivity index (χ4n) is 2.30. The average Bonchev–Trinajstić information content (AvgIpc) is 2.98. The van der Waals surface area contributed by atoms with Crippen molar-refractivity contribution in [2.24, 2.45) is 0 Å². The summed E-state index contributed by atoms with van der Waals surface area (Å²) < 4.78 is 7.05. The number of aromatic nitrogens is 2. The molecule has 0 aliphatic carbocycles. The molecule has 4 nitrogen and oxygen atoms in total. The standard InChI is InChI=1S/C18H16Cl2N2O2/c19-10-1-11-24-16-8-6-15(7-9-16)22-18(23)12-17(21-22)13-2-4-14(20)5-3-13/h2-9,12,21H,1,10-11H2. The molecule has 0 unspecified atom stereocenters. The number of aromatic amines is 1. The summed E-state index contributed by atoms with van der Waals surface area (Å²) in [5.41, 5.74) is 2.25. The summed E-state index contributed by atoms with van der Waals surface area (Å²) in [6.07, 6.45) is 0.795. The van der Waals surface area contributed by atoms with E-state index in [0.29, 0.717) is 17.5 Å². The lowest BCUT2D eigenvalue weighted by Gasteiger charge is -2.07. The molecular weight excluding hydrogens is 347 g/mol. The maximum Gasteiger partial charge on any atom is 0.271 e. The lowest BCUT2D eigenvalue weighted by atomic mass is 10.2. The number of alkyl halides is 1. The van der Waals surface area contributed by atoms with E-state index in [1.807, 2.05) is 36.4 Å². The molecule has 0 bridgehead atoms. The SMILES string of the molecule is O=c1cc(-c2ccc(Cl)cc2)[nH]n1-c1ccc(OCCCCl)cc1. The van der Waals surface area contributed by atoms with Crippen LogP contribution in [-0.4, -0.2) is 22.3 Å². The van der Waals surface area contributed by atoms with E-state index in [2.05, 4.69) is 5.10 Å². The molecule has 0 saturated carbocycles.